The molecule has 0 unspecified atom stereocenters. The van der Waals surface area contributed by atoms with Crippen LogP contribution in [0.1, 0.15) is 36.5 Å². The molecule has 3 aromatic rings. The van der Waals surface area contributed by atoms with Crippen molar-refractivity contribution in [3.8, 4) is 5.75 Å². The predicted octanol–water partition coefficient (Wildman–Crippen LogP) is 5.25. The lowest BCUT2D eigenvalue weighted by Gasteiger charge is -2.17. The topological polar surface area (TPSA) is 54.7 Å². The molecule has 31 heavy (non-hydrogen) atoms. The van der Waals surface area contributed by atoms with Crippen LogP contribution in [0.5, 0.6) is 5.75 Å². The molecule has 2 heterocycles. The van der Waals surface area contributed by atoms with Crippen molar-refractivity contribution in [1.29, 1.82) is 0 Å². The van der Waals surface area contributed by atoms with E-state index in [1.54, 1.807) is 6.08 Å². The summed E-state index contributed by atoms with van der Waals surface area (Å²) >= 11 is 5.42. The summed E-state index contributed by atoms with van der Waals surface area (Å²) in [5.74, 6) is 1.82. The average Bonchev–Trinajstić information content (AvgIpc) is 3.36. The molecule has 1 saturated heterocycles. The molecule has 0 radical (unpaired) electrons. The van der Waals surface area contributed by atoms with Crippen LogP contribution < -0.4 is 15.0 Å². The van der Waals surface area contributed by atoms with Gasteiger partial charge in [0.15, 0.2) is 5.11 Å². The summed E-state index contributed by atoms with van der Waals surface area (Å²) in [6.45, 7) is 4.48. The second kappa shape index (κ2) is 9.18. The van der Waals surface area contributed by atoms with Crippen molar-refractivity contribution in [2.75, 3.05) is 4.90 Å². The first-order valence-corrected chi connectivity index (χ1v) is 10.7. The van der Waals surface area contributed by atoms with Gasteiger partial charge in [0, 0.05) is 6.08 Å². The lowest BCUT2D eigenvalue weighted by Crippen LogP contribution is -2.31. The van der Waals surface area contributed by atoms with E-state index in [2.05, 4.69) is 31.3 Å². The Morgan fingerprint density at radius 2 is 1.81 bits per heavy atom. The number of anilines is 1. The summed E-state index contributed by atoms with van der Waals surface area (Å²) in [5, 5.41) is 3.37. The monoisotopic (exact) mass is 432 g/mol. The first kappa shape index (κ1) is 20.9. The number of nitrogens with one attached hydrogen (secondary N) is 1. The van der Waals surface area contributed by atoms with Gasteiger partial charge < -0.3 is 14.5 Å². The number of furan rings is 1. The third kappa shape index (κ3) is 4.54. The van der Waals surface area contributed by atoms with Crippen molar-refractivity contribution in [3.63, 3.8) is 0 Å². The highest BCUT2D eigenvalue weighted by molar-refractivity contribution is 7.80. The van der Waals surface area contributed by atoms with Gasteiger partial charge in [0.2, 0.25) is 0 Å². The standard InChI is InChI=1S/C25H24N2O3S/c1-3-17-9-11-19(12-10-17)29-16-21-14-13-20(30-21)15-22-24(28)27(25(31)26-22)23-8-6-5-7-18(23)4-2/h5-15H,3-4,16H2,1-2H3,(H,26,31)/b22-15+. The number of nitrogens with zero attached hydrogens (tertiary/aromatic N) is 1. The molecule has 0 aliphatic carbocycles. The Labute approximate surface area is 187 Å². The number of ether oxygens (including phenoxy) is 1. The second-order valence-electron chi connectivity index (χ2n) is 7.20. The third-order valence-corrected chi connectivity index (χ3v) is 5.46. The molecule has 1 fully saturated rings. The van der Waals surface area contributed by atoms with E-state index in [9.17, 15) is 4.79 Å². The maximum Gasteiger partial charge on any atom is 0.281 e. The van der Waals surface area contributed by atoms with Gasteiger partial charge in [0.1, 0.15) is 29.6 Å². The molecule has 0 atom stereocenters. The molecule has 1 N–H and O–H groups in total. The molecule has 0 bridgehead atoms. The van der Waals surface area contributed by atoms with Crippen LogP contribution in [0.2, 0.25) is 0 Å². The lowest BCUT2D eigenvalue weighted by molar-refractivity contribution is -0.113. The van der Waals surface area contributed by atoms with Gasteiger partial charge in [-0.05, 0) is 66.5 Å². The molecule has 5 nitrogen and oxygen atoms in total. The Balaban J connectivity index is 1.46. The first-order valence-electron chi connectivity index (χ1n) is 10.3. The van der Waals surface area contributed by atoms with E-state index in [1.807, 2.05) is 48.5 Å². The van der Waals surface area contributed by atoms with Gasteiger partial charge in [-0.25, -0.2) is 0 Å². The van der Waals surface area contributed by atoms with Crippen LogP contribution in [-0.4, -0.2) is 11.0 Å². The quantitative estimate of drug-likeness (QED) is 0.408. The summed E-state index contributed by atoms with van der Waals surface area (Å²) in [6.07, 6.45) is 3.47. The van der Waals surface area contributed by atoms with Gasteiger partial charge in [-0.2, -0.15) is 0 Å². The van der Waals surface area contributed by atoms with Crippen molar-refractivity contribution in [3.05, 3.63) is 89.0 Å². The van der Waals surface area contributed by atoms with E-state index in [0.717, 1.165) is 29.8 Å². The van der Waals surface area contributed by atoms with E-state index in [4.69, 9.17) is 21.4 Å². The van der Waals surface area contributed by atoms with Gasteiger partial charge in [0.25, 0.3) is 5.91 Å². The molecule has 1 aliphatic rings. The minimum Gasteiger partial charge on any atom is -0.486 e. The van der Waals surface area contributed by atoms with E-state index < -0.39 is 0 Å². The van der Waals surface area contributed by atoms with Gasteiger partial charge in [-0.1, -0.05) is 44.2 Å². The largest absolute Gasteiger partial charge is 0.486 e. The van der Waals surface area contributed by atoms with Crippen LogP contribution in [0.15, 0.2) is 70.8 Å². The predicted molar refractivity (Wildman–Crippen MR) is 126 cm³/mol. The SMILES string of the molecule is CCc1ccc(OCc2ccc(/C=C3/NC(=S)N(c4ccccc4CC)C3=O)o2)cc1. The number of thiocarbonyl (C=S) groups is 1. The number of hydrogen-bond donors (Lipinski definition) is 1. The van der Waals surface area contributed by atoms with Crippen LogP contribution in [0.4, 0.5) is 5.69 Å². The Morgan fingerprint density at radius 1 is 1.03 bits per heavy atom. The molecule has 158 valence electrons. The fourth-order valence-electron chi connectivity index (χ4n) is 3.45. The summed E-state index contributed by atoms with van der Waals surface area (Å²) in [7, 11) is 0. The molecular weight excluding hydrogens is 408 g/mol. The fraction of sp³-hybridized carbons (Fsp3) is 0.200. The van der Waals surface area contributed by atoms with Gasteiger partial charge >= 0.3 is 0 Å². The molecule has 4 rings (SSSR count). The molecule has 1 aliphatic heterocycles. The number of carbonyl (C=O) groups is 1. The maximum absolute atomic E-state index is 13.0. The number of benzene rings is 2. The number of para-hydroxylation sites is 1. The Hall–Kier alpha value is -3.38. The van der Waals surface area contributed by atoms with E-state index in [-0.39, 0.29) is 5.91 Å². The van der Waals surface area contributed by atoms with Crippen LogP contribution in [0, 0.1) is 0 Å². The van der Waals surface area contributed by atoms with E-state index in [1.165, 1.54) is 10.5 Å². The Kier molecular flexibility index (Phi) is 6.18. The highest BCUT2D eigenvalue weighted by atomic mass is 32.1. The summed E-state index contributed by atoms with van der Waals surface area (Å²) < 4.78 is 11.6. The zero-order valence-electron chi connectivity index (χ0n) is 17.6. The number of carbonyl (C=O) groups excluding carboxylic acids is 1. The molecule has 6 heteroatoms. The molecule has 2 aromatic carbocycles. The summed E-state index contributed by atoms with van der Waals surface area (Å²) in [5.41, 5.74) is 3.51. The van der Waals surface area contributed by atoms with Crippen LogP contribution >= 0.6 is 12.2 Å². The zero-order valence-corrected chi connectivity index (χ0v) is 18.4. The van der Waals surface area contributed by atoms with Crippen molar-refractivity contribution >= 4 is 35.0 Å². The zero-order chi connectivity index (χ0) is 21.8. The highest BCUT2D eigenvalue weighted by Crippen LogP contribution is 2.27. The third-order valence-electron chi connectivity index (χ3n) is 5.17. The highest BCUT2D eigenvalue weighted by Gasteiger charge is 2.33. The van der Waals surface area contributed by atoms with Crippen LogP contribution in [0.25, 0.3) is 6.08 Å². The summed E-state index contributed by atoms with van der Waals surface area (Å²) in [4.78, 5) is 14.5. The minimum atomic E-state index is -0.198. The number of amides is 1. The fourth-order valence-corrected chi connectivity index (χ4v) is 3.74. The van der Waals surface area contributed by atoms with E-state index >= 15 is 0 Å². The van der Waals surface area contributed by atoms with Crippen molar-refractivity contribution in [1.82, 2.24) is 5.32 Å². The molecule has 0 saturated carbocycles. The van der Waals surface area contributed by atoms with Crippen molar-refractivity contribution in [2.24, 2.45) is 0 Å². The lowest BCUT2D eigenvalue weighted by atomic mass is 10.1. The Morgan fingerprint density at radius 3 is 2.55 bits per heavy atom. The molecule has 1 amide bonds. The Bertz CT molecular complexity index is 1130. The second-order valence-corrected chi connectivity index (χ2v) is 7.59. The minimum absolute atomic E-state index is 0.198. The maximum atomic E-state index is 13.0. The van der Waals surface area contributed by atoms with E-state index in [0.29, 0.717) is 28.9 Å². The first-order chi connectivity index (χ1) is 15.1. The van der Waals surface area contributed by atoms with Crippen LogP contribution in [-0.2, 0) is 24.2 Å². The molecular formula is C25H24N2O3S. The smallest absolute Gasteiger partial charge is 0.281 e. The van der Waals surface area contributed by atoms with Crippen molar-refractivity contribution < 1.29 is 13.9 Å². The number of hydrogen-bond acceptors (Lipinski definition) is 4. The summed E-state index contributed by atoms with van der Waals surface area (Å²) in [6, 6.07) is 19.4. The van der Waals surface area contributed by atoms with Gasteiger partial charge in [0.05, 0.1) is 5.69 Å². The number of aryl methyl sites for hydroxylation is 2. The number of rotatable bonds is 7. The van der Waals surface area contributed by atoms with Gasteiger partial charge in [-0.15, -0.1) is 0 Å². The normalized spacial score (nSPS) is 14.9. The van der Waals surface area contributed by atoms with Crippen molar-refractivity contribution in [2.45, 2.75) is 33.3 Å². The van der Waals surface area contributed by atoms with Gasteiger partial charge in [-0.3, -0.25) is 9.69 Å². The van der Waals surface area contributed by atoms with Crippen LogP contribution in [0.3, 0.4) is 0 Å². The molecule has 0 spiro atoms. The average molecular weight is 433 g/mol. The molecule has 1 aromatic heterocycles.